The Labute approximate surface area is 68.0 Å². The van der Waals surface area contributed by atoms with Crippen LogP contribution in [0.3, 0.4) is 0 Å². The van der Waals surface area contributed by atoms with Gasteiger partial charge in [0.15, 0.2) is 0 Å². The largest absolute Gasteiger partial charge is 0.343 e. The van der Waals surface area contributed by atoms with Crippen LogP contribution in [-0.4, -0.2) is 23.9 Å². The molecular weight excluding hydrogens is 150 g/mol. The highest BCUT2D eigenvalue weighted by Gasteiger charge is 2.17. The van der Waals surface area contributed by atoms with Crippen LogP contribution in [0.2, 0.25) is 0 Å². The molecule has 0 spiro atoms. The number of hydrogen-bond acceptors (Lipinski definition) is 1. The Balaban J connectivity index is 0.000000810. The van der Waals surface area contributed by atoms with E-state index in [9.17, 15) is 4.79 Å². The van der Waals surface area contributed by atoms with Crippen molar-refractivity contribution in [2.45, 2.75) is 26.2 Å². The predicted octanol–water partition coefficient (Wildman–Crippen LogP) is 1.44. The number of nitrogens with zero attached hydrogens (tertiary/aromatic N) is 1. The van der Waals surface area contributed by atoms with Gasteiger partial charge in [0.05, 0.1) is 0 Å². The zero-order valence-corrected chi connectivity index (χ0v) is 7.12. The normalized spacial score (nSPS) is 17.3. The molecule has 10 heavy (non-hydrogen) atoms. The minimum Gasteiger partial charge on any atom is -0.343 e. The van der Waals surface area contributed by atoms with Crippen molar-refractivity contribution in [1.29, 1.82) is 0 Å². The van der Waals surface area contributed by atoms with Gasteiger partial charge in [-0.25, -0.2) is 0 Å². The minimum absolute atomic E-state index is 0. The number of likely N-dealkylation sites (tertiary alicyclic amines) is 1. The predicted molar refractivity (Wildman–Crippen MR) is 43.4 cm³/mol. The highest BCUT2D eigenvalue weighted by atomic mass is 35.5. The van der Waals surface area contributed by atoms with Gasteiger partial charge in [-0.3, -0.25) is 4.79 Å². The highest BCUT2D eigenvalue weighted by Crippen LogP contribution is 2.08. The van der Waals surface area contributed by atoms with Crippen LogP contribution in [0.5, 0.6) is 0 Å². The number of carbonyl (C=O) groups excluding carboxylic acids is 1. The summed E-state index contributed by atoms with van der Waals surface area (Å²) in [6.45, 7) is 4.05. The van der Waals surface area contributed by atoms with Gasteiger partial charge >= 0.3 is 0 Å². The second-order valence-corrected chi connectivity index (χ2v) is 2.48. The van der Waals surface area contributed by atoms with E-state index in [1.54, 1.807) is 0 Å². The first-order valence-electron chi connectivity index (χ1n) is 3.62. The van der Waals surface area contributed by atoms with Crippen LogP contribution >= 0.6 is 12.4 Å². The van der Waals surface area contributed by atoms with Gasteiger partial charge in [0, 0.05) is 19.5 Å². The van der Waals surface area contributed by atoms with Crippen molar-refractivity contribution in [1.82, 2.24) is 4.90 Å². The van der Waals surface area contributed by atoms with Gasteiger partial charge in [-0.15, -0.1) is 12.4 Å². The molecule has 0 N–H and O–H groups in total. The van der Waals surface area contributed by atoms with Crippen molar-refractivity contribution in [3.63, 3.8) is 0 Å². The molecule has 0 aromatic heterocycles. The van der Waals surface area contributed by atoms with Gasteiger partial charge in [-0.1, -0.05) is 6.92 Å². The van der Waals surface area contributed by atoms with Crippen molar-refractivity contribution in [2.75, 3.05) is 13.1 Å². The van der Waals surface area contributed by atoms with Crippen LogP contribution in [0.1, 0.15) is 26.2 Å². The summed E-state index contributed by atoms with van der Waals surface area (Å²) in [5.41, 5.74) is 0. The Morgan fingerprint density at radius 1 is 1.60 bits per heavy atom. The van der Waals surface area contributed by atoms with Gasteiger partial charge in [-0.05, 0) is 12.8 Å². The molecule has 0 bridgehead atoms. The lowest BCUT2D eigenvalue weighted by atomic mass is 10.4. The molecular formula is C7H14ClNO. The van der Waals surface area contributed by atoms with E-state index >= 15 is 0 Å². The summed E-state index contributed by atoms with van der Waals surface area (Å²) in [6, 6.07) is 0. The summed E-state index contributed by atoms with van der Waals surface area (Å²) >= 11 is 0. The fourth-order valence-electron chi connectivity index (χ4n) is 1.21. The van der Waals surface area contributed by atoms with E-state index < -0.39 is 0 Å². The second-order valence-electron chi connectivity index (χ2n) is 2.48. The molecule has 60 valence electrons. The van der Waals surface area contributed by atoms with E-state index in [1.807, 2.05) is 4.90 Å². The molecule has 2 nitrogen and oxygen atoms in total. The average Bonchev–Trinajstić information content (AvgIpc) is 2.18. The van der Waals surface area contributed by atoms with E-state index in [2.05, 4.69) is 6.92 Å². The third-order valence-corrected chi connectivity index (χ3v) is 1.66. The van der Waals surface area contributed by atoms with E-state index in [-0.39, 0.29) is 12.4 Å². The lowest BCUT2D eigenvalue weighted by Crippen LogP contribution is -2.24. The number of halogens is 1. The molecule has 1 fully saturated rings. The molecule has 3 heteroatoms. The molecule has 1 aliphatic rings. The fraction of sp³-hybridized carbons (Fsp3) is 0.857. The van der Waals surface area contributed by atoms with Crippen LogP contribution in [-0.2, 0) is 4.79 Å². The number of carbonyl (C=O) groups is 1. The molecule has 0 aliphatic carbocycles. The first kappa shape index (κ1) is 9.76. The summed E-state index contributed by atoms with van der Waals surface area (Å²) in [7, 11) is 0. The van der Waals surface area contributed by atoms with Crippen LogP contribution in [0.25, 0.3) is 0 Å². The van der Waals surface area contributed by atoms with Crippen molar-refractivity contribution < 1.29 is 4.79 Å². The van der Waals surface area contributed by atoms with Gasteiger partial charge in [0.1, 0.15) is 0 Å². The van der Waals surface area contributed by atoms with E-state index in [0.717, 1.165) is 32.4 Å². The summed E-state index contributed by atoms with van der Waals surface area (Å²) < 4.78 is 0. The minimum atomic E-state index is 0. The fourth-order valence-corrected chi connectivity index (χ4v) is 1.21. The molecule has 0 radical (unpaired) electrons. The maximum atomic E-state index is 10.9. The second kappa shape index (κ2) is 4.56. The number of rotatable bonds is 2. The summed E-state index contributed by atoms with van der Waals surface area (Å²) in [6.07, 6.45) is 2.94. The Hall–Kier alpha value is -0.240. The van der Waals surface area contributed by atoms with Crippen molar-refractivity contribution in [3.05, 3.63) is 0 Å². The van der Waals surface area contributed by atoms with E-state index in [4.69, 9.17) is 0 Å². The molecule has 1 rings (SSSR count). The van der Waals surface area contributed by atoms with Crippen LogP contribution in [0, 0.1) is 0 Å². The number of amides is 1. The zero-order chi connectivity index (χ0) is 6.69. The third kappa shape index (κ3) is 2.18. The molecule has 1 saturated heterocycles. The first-order valence-corrected chi connectivity index (χ1v) is 3.62. The molecule has 1 amide bonds. The molecule has 0 atom stereocenters. The SMILES string of the molecule is CCCN1CCCC1=O.Cl. The Kier molecular flexibility index (Phi) is 4.45. The van der Waals surface area contributed by atoms with Gasteiger partial charge < -0.3 is 4.90 Å². The monoisotopic (exact) mass is 163 g/mol. The van der Waals surface area contributed by atoms with Gasteiger partial charge in [0.2, 0.25) is 5.91 Å². The number of hydrogen-bond donors (Lipinski definition) is 0. The molecule has 0 aromatic rings. The van der Waals surface area contributed by atoms with Crippen molar-refractivity contribution >= 4 is 18.3 Å². The smallest absolute Gasteiger partial charge is 0.222 e. The maximum Gasteiger partial charge on any atom is 0.222 e. The average molecular weight is 164 g/mol. The van der Waals surface area contributed by atoms with Crippen molar-refractivity contribution in [2.24, 2.45) is 0 Å². The highest BCUT2D eigenvalue weighted by molar-refractivity contribution is 5.85. The lowest BCUT2D eigenvalue weighted by Gasteiger charge is -2.12. The lowest BCUT2D eigenvalue weighted by molar-refractivity contribution is -0.127. The van der Waals surface area contributed by atoms with Crippen LogP contribution in [0.4, 0.5) is 0 Å². The molecule has 0 saturated carbocycles. The third-order valence-electron chi connectivity index (χ3n) is 1.66. The van der Waals surface area contributed by atoms with E-state index in [0.29, 0.717) is 5.91 Å². The Morgan fingerprint density at radius 2 is 2.30 bits per heavy atom. The topological polar surface area (TPSA) is 20.3 Å². The van der Waals surface area contributed by atoms with Crippen LogP contribution < -0.4 is 0 Å². The Morgan fingerprint density at radius 3 is 2.70 bits per heavy atom. The van der Waals surface area contributed by atoms with Gasteiger partial charge in [0.25, 0.3) is 0 Å². The zero-order valence-electron chi connectivity index (χ0n) is 6.30. The van der Waals surface area contributed by atoms with E-state index in [1.165, 1.54) is 0 Å². The summed E-state index contributed by atoms with van der Waals surface area (Å²) in [5, 5.41) is 0. The maximum absolute atomic E-state index is 10.9. The Bertz CT molecular complexity index is 116. The summed E-state index contributed by atoms with van der Waals surface area (Å²) in [5.74, 6) is 0.344. The molecule has 0 unspecified atom stereocenters. The molecule has 1 aliphatic heterocycles. The molecule has 0 aromatic carbocycles. The van der Waals surface area contributed by atoms with Gasteiger partial charge in [-0.2, -0.15) is 0 Å². The standard InChI is InChI=1S/C7H13NO.ClH/c1-2-5-8-6-3-4-7(8)9;/h2-6H2,1H3;1H. The first-order chi connectivity index (χ1) is 4.34. The van der Waals surface area contributed by atoms with Crippen LogP contribution in [0.15, 0.2) is 0 Å². The summed E-state index contributed by atoms with van der Waals surface area (Å²) in [4.78, 5) is 12.8. The molecule has 1 heterocycles. The van der Waals surface area contributed by atoms with Crippen molar-refractivity contribution in [3.8, 4) is 0 Å². The quantitative estimate of drug-likeness (QED) is 0.604.